The van der Waals surface area contributed by atoms with E-state index in [2.05, 4.69) is 44.0 Å². The summed E-state index contributed by atoms with van der Waals surface area (Å²) in [5.74, 6) is 0. The Morgan fingerprint density at radius 2 is 1.89 bits per heavy atom. The van der Waals surface area contributed by atoms with E-state index in [-0.39, 0.29) is 5.38 Å². The minimum absolute atomic E-state index is 0.104. The lowest BCUT2D eigenvalue weighted by atomic mass is 9.94. The summed E-state index contributed by atoms with van der Waals surface area (Å²) < 4.78 is 0. The summed E-state index contributed by atoms with van der Waals surface area (Å²) in [6.07, 6.45) is 6.85. The van der Waals surface area contributed by atoms with Crippen molar-refractivity contribution in [1.29, 1.82) is 0 Å². The zero-order valence-corrected chi connectivity index (χ0v) is 13.2. The van der Waals surface area contributed by atoms with Crippen LogP contribution in [0.25, 0.3) is 0 Å². The van der Waals surface area contributed by atoms with Crippen LogP contribution in [-0.4, -0.2) is 24.5 Å². The van der Waals surface area contributed by atoms with Crippen LogP contribution < -0.4 is 0 Å². The first kappa shape index (κ1) is 14.9. The van der Waals surface area contributed by atoms with E-state index in [4.69, 9.17) is 11.6 Å². The van der Waals surface area contributed by atoms with E-state index in [9.17, 15) is 0 Å². The highest BCUT2D eigenvalue weighted by Crippen LogP contribution is 2.28. The number of halogens is 1. The van der Waals surface area contributed by atoms with E-state index >= 15 is 0 Å². The second kappa shape index (κ2) is 6.76. The Kier molecular flexibility index (Phi) is 5.29. The van der Waals surface area contributed by atoms with Crippen molar-refractivity contribution in [2.45, 2.75) is 57.4 Å². The van der Waals surface area contributed by atoms with Gasteiger partial charge in [0.15, 0.2) is 0 Å². The van der Waals surface area contributed by atoms with Crippen molar-refractivity contribution in [2.24, 2.45) is 0 Å². The van der Waals surface area contributed by atoms with Gasteiger partial charge in [-0.3, -0.25) is 0 Å². The minimum atomic E-state index is 0.104. The summed E-state index contributed by atoms with van der Waals surface area (Å²) in [6.45, 7) is 5.25. The second-order valence-electron chi connectivity index (χ2n) is 6.06. The van der Waals surface area contributed by atoms with E-state index in [0.29, 0.717) is 0 Å². The highest BCUT2D eigenvalue weighted by molar-refractivity contribution is 6.21. The van der Waals surface area contributed by atoms with Crippen molar-refractivity contribution in [3.63, 3.8) is 0 Å². The van der Waals surface area contributed by atoms with Crippen LogP contribution in [0.5, 0.6) is 0 Å². The van der Waals surface area contributed by atoms with Crippen LogP contribution in [0.4, 0.5) is 0 Å². The first-order chi connectivity index (χ1) is 9.08. The third kappa shape index (κ3) is 3.97. The maximum Gasteiger partial charge on any atom is 0.0714 e. The summed E-state index contributed by atoms with van der Waals surface area (Å²) in [6, 6.07) is 7.32. The molecule has 0 spiro atoms. The Balaban J connectivity index is 1.97. The monoisotopic (exact) mass is 279 g/mol. The van der Waals surface area contributed by atoms with E-state index in [0.717, 1.165) is 12.6 Å². The molecule has 106 valence electrons. The molecule has 1 unspecified atom stereocenters. The first-order valence-electron chi connectivity index (χ1n) is 7.49. The number of benzene rings is 1. The molecular formula is C17H26ClN. The predicted molar refractivity (Wildman–Crippen MR) is 84.0 cm³/mol. The average Bonchev–Trinajstić information content (AvgIpc) is 2.39. The molecule has 0 saturated heterocycles. The average molecular weight is 280 g/mol. The van der Waals surface area contributed by atoms with E-state index < -0.39 is 0 Å². The van der Waals surface area contributed by atoms with Crippen molar-refractivity contribution in [3.05, 3.63) is 34.9 Å². The van der Waals surface area contributed by atoms with Crippen LogP contribution in [0.3, 0.4) is 0 Å². The fraction of sp³-hybridized carbons (Fsp3) is 0.647. The molecule has 1 saturated carbocycles. The fourth-order valence-electron chi connectivity index (χ4n) is 3.20. The largest absolute Gasteiger partial charge is 0.302 e. The Labute approximate surface area is 123 Å². The Bertz CT molecular complexity index is 410. The van der Waals surface area contributed by atoms with Gasteiger partial charge in [-0.1, -0.05) is 43.0 Å². The maximum atomic E-state index is 6.64. The second-order valence-corrected chi connectivity index (χ2v) is 6.59. The molecule has 1 fully saturated rings. The van der Waals surface area contributed by atoms with E-state index in [1.54, 1.807) is 0 Å². The number of rotatable bonds is 4. The van der Waals surface area contributed by atoms with Gasteiger partial charge in [-0.15, -0.1) is 11.6 Å². The zero-order chi connectivity index (χ0) is 13.8. The number of hydrogen-bond donors (Lipinski definition) is 0. The molecule has 0 heterocycles. The van der Waals surface area contributed by atoms with Crippen molar-refractivity contribution in [3.8, 4) is 0 Å². The van der Waals surface area contributed by atoms with Gasteiger partial charge in [0.25, 0.3) is 0 Å². The van der Waals surface area contributed by atoms with Crippen LogP contribution in [-0.2, 0) is 0 Å². The lowest BCUT2D eigenvalue weighted by Gasteiger charge is -2.32. The molecule has 0 aliphatic heterocycles. The predicted octanol–water partition coefficient (Wildman–Crippen LogP) is 4.85. The molecule has 1 atom stereocenters. The number of likely N-dealkylation sites (N-methyl/N-ethyl adjacent to an activating group) is 1. The minimum Gasteiger partial charge on any atom is -0.302 e. The molecule has 2 heteroatoms. The van der Waals surface area contributed by atoms with Gasteiger partial charge in [0.05, 0.1) is 5.38 Å². The van der Waals surface area contributed by atoms with Gasteiger partial charge < -0.3 is 4.90 Å². The van der Waals surface area contributed by atoms with Gasteiger partial charge in [0, 0.05) is 12.6 Å². The smallest absolute Gasteiger partial charge is 0.0714 e. The topological polar surface area (TPSA) is 3.24 Å². The SMILES string of the molecule is Cc1ccc(C(Cl)CN(C)C2CCCCC2)c(C)c1. The van der Waals surface area contributed by atoms with Crippen molar-refractivity contribution in [1.82, 2.24) is 4.90 Å². The van der Waals surface area contributed by atoms with Gasteiger partial charge in [0.1, 0.15) is 0 Å². The number of hydrogen-bond acceptors (Lipinski definition) is 1. The Morgan fingerprint density at radius 3 is 2.53 bits per heavy atom. The quantitative estimate of drug-likeness (QED) is 0.712. The van der Waals surface area contributed by atoms with Crippen LogP contribution in [0, 0.1) is 13.8 Å². The first-order valence-corrected chi connectivity index (χ1v) is 7.93. The molecule has 1 aliphatic rings. The van der Waals surface area contributed by atoms with Crippen LogP contribution in [0.1, 0.15) is 54.2 Å². The molecule has 0 aromatic heterocycles. The van der Waals surface area contributed by atoms with Crippen LogP contribution >= 0.6 is 11.6 Å². The third-order valence-corrected chi connectivity index (χ3v) is 4.78. The molecule has 2 rings (SSSR count). The van der Waals surface area contributed by atoms with Gasteiger partial charge in [0.2, 0.25) is 0 Å². The molecule has 0 radical (unpaired) electrons. The van der Waals surface area contributed by atoms with Crippen LogP contribution in [0.2, 0.25) is 0 Å². The summed E-state index contributed by atoms with van der Waals surface area (Å²) in [5.41, 5.74) is 3.91. The number of alkyl halides is 1. The van der Waals surface area contributed by atoms with Crippen LogP contribution in [0.15, 0.2) is 18.2 Å². The van der Waals surface area contributed by atoms with E-state index in [1.165, 1.54) is 48.8 Å². The molecule has 1 aromatic carbocycles. The van der Waals surface area contributed by atoms with Gasteiger partial charge in [-0.05, 0) is 44.9 Å². The van der Waals surface area contributed by atoms with Gasteiger partial charge in [-0.2, -0.15) is 0 Å². The Hall–Kier alpha value is -0.530. The summed E-state index contributed by atoms with van der Waals surface area (Å²) in [5, 5.41) is 0.104. The summed E-state index contributed by atoms with van der Waals surface area (Å²) in [7, 11) is 2.23. The normalized spacial score (nSPS) is 18.8. The summed E-state index contributed by atoms with van der Waals surface area (Å²) in [4.78, 5) is 2.47. The lowest BCUT2D eigenvalue weighted by molar-refractivity contribution is 0.192. The molecule has 0 amide bonds. The molecule has 0 N–H and O–H groups in total. The molecule has 1 aliphatic carbocycles. The van der Waals surface area contributed by atoms with Crippen molar-refractivity contribution >= 4 is 11.6 Å². The van der Waals surface area contributed by atoms with Gasteiger partial charge in [-0.25, -0.2) is 0 Å². The highest BCUT2D eigenvalue weighted by atomic mass is 35.5. The standard InChI is InChI=1S/C17H26ClN/c1-13-9-10-16(14(2)11-13)17(18)12-19(3)15-7-5-4-6-8-15/h9-11,15,17H,4-8,12H2,1-3H3. The number of aryl methyl sites for hydroxylation is 2. The molecule has 19 heavy (non-hydrogen) atoms. The summed E-state index contributed by atoms with van der Waals surface area (Å²) >= 11 is 6.64. The third-order valence-electron chi connectivity index (χ3n) is 4.41. The molecular weight excluding hydrogens is 254 g/mol. The molecule has 0 bridgehead atoms. The lowest BCUT2D eigenvalue weighted by Crippen LogP contribution is -2.35. The maximum absolute atomic E-state index is 6.64. The van der Waals surface area contributed by atoms with Gasteiger partial charge >= 0.3 is 0 Å². The van der Waals surface area contributed by atoms with Crippen molar-refractivity contribution in [2.75, 3.05) is 13.6 Å². The zero-order valence-electron chi connectivity index (χ0n) is 12.5. The highest BCUT2D eigenvalue weighted by Gasteiger charge is 2.21. The fourth-order valence-corrected chi connectivity index (χ4v) is 3.66. The van der Waals surface area contributed by atoms with E-state index in [1.807, 2.05) is 0 Å². The Morgan fingerprint density at radius 1 is 1.21 bits per heavy atom. The molecule has 1 aromatic rings. The van der Waals surface area contributed by atoms with Crippen molar-refractivity contribution < 1.29 is 0 Å². The number of nitrogens with zero attached hydrogens (tertiary/aromatic N) is 1. The molecule has 1 nitrogen and oxygen atoms in total.